The molecule has 1 heterocycles. The summed E-state index contributed by atoms with van der Waals surface area (Å²) in [7, 11) is -1.92. The molecular formula is C18H24ClN3O2SSi. The summed E-state index contributed by atoms with van der Waals surface area (Å²) in [6.45, 7) is 11.0. The van der Waals surface area contributed by atoms with Gasteiger partial charge in [-0.25, -0.2) is 4.98 Å². The van der Waals surface area contributed by atoms with Crippen LogP contribution >= 0.6 is 22.9 Å². The van der Waals surface area contributed by atoms with Crippen LogP contribution in [0.5, 0.6) is 5.75 Å². The third-order valence-corrected chi connectivity index (χ3v) is 10.1. The van der Waals surface area contributed by atoms with Crippen molar-refractivity contribution in [3.05, 3.63) is 39.9 Å². The molecule has 8 heteroatoms. The van der Waals surface area contributed by atoms with E-state index in [0.717, 1.165) is 17.5 Å². The van der Waals surface area contributed by atoms with Crippen LogP contribution in [0.3, 0.4) is 0 Å². The van der Waals surface area contributed by atoms with Crippen LogP contribution in [0.4, 0.5) is 5.13 Å². The number of nitrogens with zero attached hydrogens (tertiary/aromatic N) is 1. The molecule has 0 saturated heterocycles. The number of aromatic nitrogens is 1. The first-order valence-corrected chi connectivity index (χ1v) is 12.4. The Bertz CT molecular complexity index is 815. The standard InChI is InChI=1S/C18H24ClN3O2SSi/c1-18(2,3)26(4,5)24-13-8-6-7-12(9-13)10-15(23)21-17-22-16(19)14(11-20)25-17/h6-9,11,20H,10H2,1-5H3,(H,21,22,23). The predicted molar refractivity (Wildman–Crippen MR) is 112 cm³/mol. The van der Waals surface area contributed by atoms with Gasteiger partial charge in [0, 0.05) is 6.21 Å². The summed E-state index contributed by atoms with van der Waals surface area (Å²) in [4.78, 5) is 16.8. The topological polar surface area (TPSA) is 75.1 Å². The van der Waals surface area contributed by atoms with Crippen molar-refractivity contribution in [2.24, 2.45) is 0 Å². The number of benzene rings is 1. The monoisotopic (exact) mass is 409 g/mol. The SMILES string of the molecule is CC(C)(C)[Si](C)(C)Oc1cccc(CC(=O)Nc2nc(Cl)c(C=N)s2)c1. The molecule has 0 aliphatic rings. The van der Waals surface area contributed by atoms with Gasteiger partial charge in [-0.15, -0.1) is 0 Å². The fraction of sp³-hybridized carbons (Fsp3) is 0.389. The number of amides is 1. The Kier molecular flexibility index (Phi) is 6.26. The summed E-state index contributed by atoms with van der Waals surface area (Å²) < 4.78 is 6.29. The fourth-order valence-electron chi connectivity index (χ4n) is 1.97. The van der Waals surface area contributed by atoms with Gasteiger partial charge in [-0.3, -0.25) is 4.79 Å². The molecule has 2 rings (SSSR count). The maximum absolute atomic E-state index is 12.3. The second-order valence-corrected chi connectivity index (χ2v) is 13.7. The van der Waals surface area contributed by atoms with Crippen LogP contribution in [0, 0.1) is 5.41 Å². The third kappa shape index (κ3) is 5.15. The molecule has 1 aromatic carbocycles. The molecule has 140 valence electrons. The van der Waals surface area contributed by atoms with Crippen molar-refractivity contribution in [3.63, 3.8) is 0 Å². The molecule has 0 radical (unpaired) electrons. The molecule has 0 atom stereocenters. The number of halogens is 1. The van der Waals surface area contributed by atoms with Crippen molar-refractivity contribution in [3.8, 4) is 5.75 Å². The Morgan fingerprint density at radius 1 is 1.42 bits per heavy atom. The van der Waals surface area contributed by atoms with Gasteiger partial charge >= 0.3 is 0 Å². The second kappa shape index (κ2) is 7.90. The van der Waals surface area contributed by atoms with E-state index < -0.39 is 8.32 Å². The molecule has 5 nitrogen and oxygen atoms in total. The lowest BCUT2D eigenvalue weighted by atomic mass is 10.1. The highest BCUT2D eigenvalue weighted by molar-refractivity contribution is 7.17. The van der Waals surface area contributed by atoms with E-state index in [9.17, 15) is 4.79 Å². The lowest BCUT2D eigenvalue weighted by Crippen LogP contribution is -2.43. The normalized spacial score (nSPS) is 11.9. The summed E-state index contributed by atoms with van der Waals surface area (Å²) in [5, 5.41) is 10.7. The lowest BCUT2D eigenvalue weighted by Gasteiger charge is -2.36. The summed E-state index contributed by atoms with van der Waals surface area (Å²) in [6.07, 6.45) is 1.34. The minimum Gasteiger partial charge on any atom is -0.543 e. The molecular weight excluding hydrogens is 386 g/mol. The first kappa shape index (κ1) is 20.6. The minimum absolute atomic E-state index is 0.108. The number of rotatable bonds is 6. The number of carbonyl (C=O) groups excluding carboxylic acids is 1. The zero-order chi connectivity index (χ0) is 19.5. The molecule has 0 spiro atoms. The molecule has 0 bridgehead atoms. The van der Waals surface area contributed by atoms with Crippen LogP contribution in [0.2, 0.25) is 23.3 Å². The zero-order valence-electron chi connectivity index (χ0n) is 15.6. The van der Waals surface area contributed by atoms with Crippen molar-refractivity contribution in [2.45, 2.75) is 45.3 Å². The number of hydrogen-bond donors (Lipinski definition) is 2. The molecule has 1 aromatic heterocycles. The van der Waals surface area contributed by atoms with E-state index in [4.69, 9.17) is 21.4 Å². The highest BCUT2D eigenvalue weighted by Crippen LogP contribution is 2.37. The molecule has 26 heavy (non-hydrogen) atoms. The number of carbonyl (C=O) groups is 1. The van der Waals surface area contributed by atoms with E-state index in [1.54, 1.807) is 0 Å². The van der Waals surface area contributed by atoms with Crippen molar-refractivity contribution in [2.75, 3.05) is 5.32 Å². The second-order valence-electron chi connectivity index (χ2n) is 7.55. The summed E-state index contributed by atoms with van der Waals surface area (Å²) in [5.41, 5.74) is 0.869. The van der Waals surface area contributed by atoms with Crippen LogP contribution in [-0.2, 0) is 11.2 Å². The third-order valence-electron chi connectivity index (χ3n) is 4.43. The summed E-state index contributed by atoms with van der Waals surface area (Å²) >= 11 is 7.07. The summed E-state index contributed by atoms with van der Waals surface area (Å²) in [6, 6.07) is 7.64. The van der Waals surface area contributed by atoms with Gasteiger partial charge < -0.3 is 15.2 Å². The fourth-order valence-corrected chi connectivity index (χ4v) is 4.00. The van der Waals surface area contributed by atoms with Crippen molar-refractivity contribution in [1.82, 2.24) is 4.98 Å². The Morgan fingerprint density at radius 2 is 2.12 bits per heavy atom. The van der Waals surface area contributed by atoms with E-state index in [0.29, 0.717) is 10.0 Å². The first-order chi connectivity index (χ1) is 12.0. The highest BCUT2D eigenvalue weighted by atomic mass is 35.5. The van der Waals surface area contributed by atoms with Gasteiger partial charge in [-0.05, 0) is 35.8 Å². The maximum Gasteiger partial charge on any atom is 0.250 e. The molecule has 0 unspecified atom stereocenters. The van der Waals surface area contributed by atoms with Crippen LogP contribution in [-0.4, -0.2) is 25.4 Å². The highest BCUT2D eigenvalue weighted by Gasteiger charge is 2.38. The summed E-state index contributed by atoms with van der Waals surface area (Å²) in [5.74, 6) is 0.613. The van der Waals surface area contributed by atoms with Gasteiger partial charge in [0.15, 0.2) is 10.3 Å². The largest absolute Gasteiger partial charge is 0.543 e. The van der Waals surface area contributed by atoms with E-state index in [2.05, 4.69) is 44.2 Å². The van der Waals surface area contributed by atoms with Gasteiger partial charge in [0.25, 0.3) is 0 Å². The molecule has 0 aliphatic carbocycles. The molecule has 1 amide bonds. The van der Waals surface area contributed by atoms with E-state index >= 15 is 0 Å². The quantitative estimate of drug-likeness (QED) is 0.498. The van der Waals surface area contributed by atoms with E-state index in [-0.39, 0.29) is 22.5 Å². The number of nitrogens with one attached hydrogen (secondary N) is 2. The van der Waals surface area contributed by atoms with Crippen LogP contribution in [0.15, 0.2) is 24.3 Å². The van der Waals surface area contributed by atoms with E-state index in [1.165, 1.54) is 11.3 Å². The number of thiazole rings is 1. The molecule has 2 aromatic rings. The lowest BCUT2D eigenvalue weighted by molar-refractivity contribution is -0.115. The van der Waals surface area contributed by atoms with Gasteiger partial charge in [0.2, 0.25) is 14.2 Å². The van der Waals surface area contributed by atoms with E-state index in [1.807, 2.05) is 24.3 Å². The van der Waals surface area contributed by atoms with Gasteiger partial charge in [-0.2, -0.15) is 0 Å². The van der Waals surface area contributed by atoms with Gasteiger partial charge in [-0.1, -0.05) is 55.8 Å². The Balaban J connectivity index is 2.05. The molecule has 0 saturated carbocycles. The minimum atomic E-state index is -1.92. The molecule has 2 N–H and O–H groups in total. The van der Waals surface area contributed by atoms with Crippen LogP contribution < -0.4 is 9.74 Å². The maximum atomic E-state index is 12.3. The van der Waals surface area contributed by atoms with Crippen molar-refractivity contribution in [1.29, 1.82) is 5.41 Å². The Morgan fingerprint density at radius 3 is 2.69 bits per heavy atom. The smallest absolute Gasteiger partial charge is 0.250 e. The van der Waals surface area contributed by atoms with Crippen LogP contribution in [0.25, 0.3) is 0 Å². The van der Waals surface area contributed by atoms with Crippen molar-refractivity contribution < 1.29 is 9.22 Å². The predicted octanol–water partition coefficient (Wildman–Crippen LogP) is 5.36. The number of hydrogen-bond acceptors (Lipinski definition) is 5. The zero-order valence-corrected chi connectivity index (χ0v) is 18.2. The molecule has 0 aliphatic heterocycles. The average Bonchev–Trinajstić information content (AvgIpc) is 2.85. The Hall–Kier alpha value is -1.70. The average molecular weight is 410 g/mol. The number of anilines is 1. The first-order valence-electron chi connectivity index (χ1n) is 8.26. The van der Waals surface area contributed by atoms with Gasteiger partial charge in [0.1, 0.15) is 5.75 Å². The van der Waals surface area contributed by atoms with Crippen LogP contribution in [0.1, 0.15) is 31.2 Å². The van der Waals surface area contributed by atoms with Gasteiger partial charge in [0.05, 0.1) is 11.3 Å². The molecule has 0 fully saturated rings. The Labute approximate surface area is 164 Å². The van der Waals surface area contributed by atoms with Crippen molar-refractivity contribution >= 4 is 48.5 Å².